The van der Waals surface area contributed by atoms with E-state index in [1.165, 1.54) is 23.6 Å². The molecule has 0 spiro atoms. The van der Waals surface area contributed by atoms with E-state index in [0.29, 0.717) is 10.3 Å². The van der Waals surface area contributed by atoms with Gasteiger partial charge in [0, 0.05) is 11.8 Å². The quantitative estimate of drug-likeness (QED) is 0.628. The highest BCUT2D eigenvalue weighted by Gasteiger charge is 2.14. The standard InChI is InChI=1S/C16H12ClFN2S/c17-12-7-14-15(8-13(12)18)20(16(21)19-14)11-5-4-9-2-1-3-10(9)6-11/h4-8H,1-3H2,(H,19,21). The Morgan fingerprint density at radius 2 is 1.95 bits per heavy atom. The number of hydrogen-bond donors (Lipinski definition) is 1. The number of rotatable bonds is 1. The van der Waals surface area contributed by atoms with E-state index in [-0.39, 0.29) is 5.02 Å². The zero-order chi connectivity index (χ0) is 14.6. The number of halogens is 2. The Labute approximate surface area is 131 Å². The maximum Gasteiger partial charge on any atom is 0.182 e. The van der Waals surface area contributed by atoms with Crippen molar-refractivity contribution in [1.29, 1.82) is 0 Å². The van der Waals surface area contributed by atoms with Crippen LogP contribution in [0, 0.1) is 10.6 Å². The number of aryl methyl sites for hydroxylation is 2. The summed E-state index contributed by atoms with van der Waals surface area (Å²) in [6.45, 7) is 0. The SMILES string of the molecule is Fc1cc2c(cc1Cl)[nH]c(=S)n2-c1ccc2c(c1)CCC2. The van der Waals surface area contributed by atoms with Gasteiger partial charge in [-0.25, -0.2) is 4.39 Å². The largest absolute Gasteiger partial charge is 0.330 e. The second kappa shape index (κ2) is 4.68. The minimum atomic E-state index is -0.437. The lowest BCUT2D eigenvalue weighted by Gasteiger charge is -2.08. The van der Waals surface area contributed by atoms with Gasteiger partial charge in [0.25, 0.3) is 0 Å². The number of nitrogens with one attached hydrogen (secondary N) is 1. The van der Waals surface area contributed by atoms with E-state index in [1.807, 2.05) is 10.6 Å². The third-order valence-electron chi connectivity index (χ3n) is 4.06. The lowest BCUT2D eigenvalue weighted by atomic mass is 10.1. The van der Waals surface area contributed by atoms with Crippen LogP contribution in [0.3, 0.4) is 0 Å². The number of hydrogen-bond acceptors (Lipinski definition) is 1. The molecule has 0 bridgehead atoms. The molecule has 0 saturated heterocycles. The van der Waals surface area contributed by atoms with Crippen molar-refractivity contribution in [2.24, 2.45) is 0 Å². The molecule has 0 amide bonds. The first-order valence-electron chi connectivity index (χ1n) is 6.85. The molecule has 2 nitrogen and oxygen atoms in total. The fourth-order valence-corrected chi connectivity index (χ4v) is 3.53. The van der Waals surface area contributed by atoms with E-state index < -0.39 is 5.82 Å². The molecule has 4 rings (SSSR count). The highest BCUT2D eigenvalue weighted by atomic mass is 35.5. The molecule has 1 aliphatic rings. The van der Waals surface area contributed by atoms with Crippen molar-refractivity contribution in [3.05, 3.63) is 57.1 Å². The number of benzene rings is 2. The summed E-state index contributed by atoms with van der Waals surface area (Å²) >= 11 is 11.2. The van der Waals surface area contributed by atoms with Crippen LogP contribution in [-0.4, -0.2) is 9.55 Å². The summed E-state index contributed by atoms with van der Waals surface area (Å²) in [6, 6.07) is 9.34. The molecular weight excluding hydrogens is 307 g/mol. The van der Waals surface area contributed by atoms with Gasteiger partial charge in [0.15, 0.2) is 4.77 Å². The highest BCUT2D eigenvalue weighted by molar-refractivity contribution is 7.71. The van der Waals surface area contributed by atoms with Crippen LogP contribution in [0.2, 0.25) is 5.02 Å². The molecule has 0 fully saturated rings. The summed E-state index contributed by atoms with van der Waals surface area (Å²) in [4.78, 5) is 3.09. The van der Waals surface area contributed by atoms with Crippen molar-refractivity contribution < 1.29 is 4.39 Å². The molecule has 0 saturated carbocycles. The van der Waals surface area contributed by atoms with Crippen molar-refractivity contribution in [2.75, 3.05) is 0 Å². The van der Waals surface area contributed by atoms with E-state index in [1.54, 1.807) is 6.07 Å². The van der Waals surface area contributed by atoms with Crippen LogP contribution in [0.5, 0.6) is 0 Å². The summed E-state index contributed by atoms with van der Waals surface area (Å²) in [7, 11) is 0. The van der Waals surface area contributed by atoms with Crippen molar-refractivity contribution in [3.63, 3.8) is 0 Å². The van der Waals surface area contributed by atoms with Crippen LogP contribution >= 0.6 is 23.8 Å². The predicted molar refractivity (Wildman–Crippen MR) is 85.5 cm³/mol. The monoisotopic (exact) mass is 318 g/mol. The molecule has 0 unspecified atom stereocenters. The third-order valence-corrected chi connectivity index (χ3v) is 4.64. The van der Waals surface area contributed by atoms with Crippen LogP contribution in [0.1, 0.15) is 17.5 Å². The van der Waals surface area contributed by atoms with Crippen LogP contribution in [-0.2, 0) is 12.8 Å². The predicted octanol–water partition coefficient (Wildman–Crippen LogP) is 4.97. The fraction of sp³-hybridized carbons (Fsp3) is 0.188. The Morgan fingerprint density at radius 1 is 1.14 bits per heavy atom. The average Bonchev–Trinajstić information content (AvgIpc) is 3.02. The average molecular weight is 319 g/mol. The van der Waals surface area contributed by atoms with Gasteiger partial charge >= 0.3 is 0 Å². The molecule has 1 aliphatic carbocycles. The van der Waals surface area contributed by atoms with E-state index in [9.17, 15) is 4.39 Å². The van der Waals surface area contributed by atoms with Gasteiger partial charge in [-0.2, -0.15) is 0 Å². The normalized spacial score (nSPS) is 13.8. The van der Waals surface area contributed by atoms with Crippen molar-refractivity contribution in [3.8, 4) is 5.69 Å². The summed E-state index contributed by atoms with van der Waals surface area (Å²) in [6.07, 6.45) is 3.43. The van der Waals surface area contributed by atoms with Crippen LogP contribution < -0.4 is 0 Å². The van der Waals surface area contributed by atoms with Gasteiger partial charge in [-0.05, 0) is 60.8 Å². The molecule has 0 atom stereocenters. The zero-order valence-electron chi connectivity index (χ0n) is 11.1. The number of H-pyrrole nitrogens is 1. The highest BCUT2D eigenvalue weighted by Crippen LogP contribution is 2.28. The molecule has 21 heavy (non-hydrogen) atoms. The van der Waals surface area contributed by atoms with Crippen LogP contribution in [0.25, 0.3) is 16.7 Å². The smallest absolute Gasteiger partial charge is 0.182 e. The van der Waals surface area contributed by atoms with Gasteiger partial charge in [-0.15, -0.1) is 0 Å². The third kappa shape index (κ3) is 2.01. The maximum atomic E-state index is 13.8. The molecule has 1 N–H and O–H groups in total. The van der Waals surface area contributed by atoms with E-state index >= 15 is 0 Å². The van der Waals surface area contributed by atoms with Gasteiger partial charge in [0.2, 0.25) is 0 Å². The molecule has 2 aromatic carbocycles. The fourth-order valence-electron chi connectivity index (χ4n) is 3.06. The van der Waals surface area contributed by atoms with Gasteiger partial charge in [0.05, 0.1) is 16.1 Å². The number of aromatic nitrogens is 2. The molecule has 5 heteroatoms. The first kappa shape index (κ1) is 13.0. The molecule has 106 valence electrons. The van der Waals surface area contributed by atoms with Gasteiger partial charge in [-0.3, -0.25) is 4.57 Å². The summed E-state index contributed by atoms with van der Waals surface area (Å²) in [5.74, 6) is -0.437. The van der Waals surface area contributed by atoms with Crippen LogP contribution in [0.15, 0.2) is 30.3 Å². The Bertz CT molecular complexity index is 926. The Hall–Kier alpha value is -1.65. The second-order valence-electron chi connectivity index (χ2n) is 5.36. The number of aromatic amines is 1. The minimum Gasteiger partial charge on any atom is -0.330 e. The second-order valence-corrected chi connectivity index (χ2v) is 6.15. The Morgan fingerprint density at radius 3 is 2.81 bits per heavy atom. The number of fused-ring (bicyclic) bond motifs is 2. The molecule has 1 aromatic heterocycles. The molecule has 1 heterocycles. The lowest BCUT2D eigenvalue weighted by Crippen LogP contribution is -1.96. The lowest BCUT2D eigenvalue weighted by molar-refractivity contribution is 0.629. The Kier molecular flexibility index (Phi) is 2.91. The number of nitrogens with zero attached hydrogens (tertiary/aromatic N) is 1. The summed E-state index contributed by atoms with van der Waals surface area (Å²) in [5.41, 5.74) is 5.18. The Balaban J connectivity index is 2.00. The molecule has 0 aliphatic heterocycles. The van der Waals surface area contributed by atoms with E-state index in [0.717, 1.165) is 24.0 Å². The van der Waals surface area contributed by atoms with Crippen molar-refractivity contribution in [2.45, 2.75) is 19.3 Å². The van der Waals surface area contributed by atoms with Crippen molar-refractivity contribution in [1.82, 2.24) is 9.55 Å². The topological polar surface area (TPSA) is 20.7 Å². The zero-order valence-corrected chi connectivity index (χ0v) is 12.7. The molecular formula is C16H12ClFN2S. The summed E-state index contributed by atoms with van der Waals surface area (Å²) in [5, 5.41) is 0.0971. The molecule has 3 aromatic rings. The summed E-state index contributed by atoms with van der Waals surface area (Å²) < 4.78 is 16.2. The van der Waals surface area contributed by atoms with Gasteiger partial charge in [0.1, 0.15) is 5.82 Å². The van der Waals surface area contributed by atoms with E-state index in [2.05, 4.69) is 17.1 Å². The molecule has 0 radical (unpaired) electrons. The van der Waals surface area contributed by atoms with E-state index in [4.69, 9.17) is 23.8 Å². The van der Waals surface area contributed by atoms with Crippen LogP contribution in [0.4, 0.5) is 4.39 Å². The van der Waals surface area contributed by atoms with Crippen molar-refractivity contribution >= 4 is 34.9 Å². The first-order chi connectivity index (χ1) is 10.1. The van der Waals surface area contributed by atoms with Gasteiger partial charge < -0.3 is 4.98 Å². The maximum absolute atomic E-state index is 13.8. The first-order valence-corrected chi connectivity index (χ1v) is 7.64. The minimum absolute atomic E-state index is 0.0971. The number of imidazole rings is 1. The van der Waals surface area contributed by atoms with Gasteiger partial charge in [-0.1, -0.05) is 17.7 Å².